The molecule has 2 heterocycles. The van der Waals surface area contributed by atoms with Crippen molar-refractivity contribution in [3.8, 4) is 0 Å². The smallest absolute Gasteiger partial charge is 0.261 e. The summed E-state index contributed by atoms with van der Waals surface area (Å²) in [6, 6.07) is 1.87. The summed E-state index contributed by atoms with van der Waals surface area (Å²) in [7, 11) is 0. The maximum Gasteiger partial charge on any atom is 0.261 e. The van der Waals surface area contributed by atoms with Crippen molar-refractivity contribution in [2.75, 3.05) is 5.32 Å². The van der Waals surface area contributed by atoms with Crippen LogP contribution in [0.25, 0.3) is 0 Å². The summed E-state index contributed by atoms with van der Waals surface area (Å²) in [5, 5.41) is 10.6. The van der Waals surface area contributed by atoms with Gasteiger partial charge in [0.05, 0.1) is 17.4 Å². The number of aromatic amines is 1. The summed E-state index contributed by atoms with van der Waals surface area (Å²) >= 11 is 0. The number of hydrogen-bond acceptors (Lipinski definition) is 5. The van der Waals surface area contributed by atoms with E-state index in [2.05, 4.69) is 34.1 Å². The Morgan fingerprint density at radius 2 is 2.27 bits per heavy atom. The minimum atomic E-state index is -0.299. The molecule has 0 fully saturated rings. The van der Waals surface area contributed by atoms with Crippen LogP contribution >= 0.6 is 0 Å². The Morgan fingerprint density at radius 3 is 2.91 bits per heavy atom. The van der Waals surface area contributed by atoms with E-state index < -0.39 is 0 Å². The van der Waals surface area contributed by atoms with Crippen molar-refractivity contribution < 1.29 is 0 Å². The molecule has 6 nitrogen and oxygen atoms in total. The highest BCUT2D eigenvalue weighted by Gasteiger charge is 2.12. The fraction of sp³-hybridized carbons (Fsp3) is 0.375. The summed E-state index contributed by atoms with van der Waals surface area (Å²) in [5.74, 6) is 1.46. The van der Waals surface area contributed by atoms with Crippen LogP contribution in [0.2, 0.25) is 0 Å². The fourth-order valence-electron chi connectivity index (χ4n) is 2.05. The number of nitrogens with zero attached hydrogens (tertiary/aromatic N) is 2. The first-order chi connectivity index (χ1) is 10.5. The molecule has 3 N–H and O–H groups in total. The molecule has 2 rings (SSSR count). The Labute approximate surface area is 129 Å². The second kappa shape index (κ2) is 6.98. The fourth-order valence-corrected chi connectivity index (χ4v) is 2.05. The third-order valence-corrected chi connectivity index (χ3v) is 3.68. The third-order valence-electron chi connectivity index (χ3n) is 3.68. The number of rotatable bonds is 6. The van der Waals surface area contributed by atoms with Gasteiger partial charge in [-0.1, -0.05) is 20.3 Å². The zero-order valence-electron chi connectivity index (χ0n) is 13.1. The van der Waals surface area contributed by atoms with E-state index in [4.69, 9.17) is 5.41 Å². The van der Waals surface area contributed by atoms with Gasteiger partial charge in [0, 0.05) is 18.8 Å². The maximum absolute atomic E-state index is 12.1. The zero-order chi connectivity index (χ0) is 16.1. The molecule has 0 aliphatic heterocycles. The lowest BCUT2D eigenvalue weighted by Crippen LogP contribution is -2.20. The van der Waals surface area contributed by atoms with Crippen molar-refractivity contribution in [2.24, 2.45) is 5.92 Å². The molecule has 2 aromatic heterocycles. The number of H-pyrrole nitrogens is 1. The predicted molar refractivity (Wildman–Crippen MR) is 88.2 cm³/mol. The monoisotopic (exact) mass is 299 g/mol. The minimum Gasteiger partial charge on any atom is -0.338 e. The normalized spacial score (nSPS) is 12.0. The molecule has 0 spiro atoms. The van der Waals surface area contributed by atoms with Crippen molar-refractivity contribution >= 4 is 17.7 Å². The first kappa shape index (κ1) is 15.9. The van der Waals surface area contributed by atoms with Gasteiger partial charge in [-0.2, -0.15) is 0 Å². The van der Waals surface area contributed by atoms with Crippen LogP contribution < -0.4 is 10.9 Å². The van der Waals surface area contributed by atoms with Gasteiger partial charge in [0.15, 0.2) is 0 Å². The van der Waals surface area contributed by atoms with E-state index in [0.717, 1.165) is 23.9 Å². The van der Waals surface area contributed by atoms with Crippen molar-refractivity contribution in [2.45, 2.75) is 33.6 Å². The van der Waals surface area contributed by atoms with Crippen LogP contribution in [0.4, 0.5) is 11.5 Å². The molecular weight excluding hydrogens is 278 g/mol. The summed E-state index contributed by atoms with van der Waals surface area (Å²) in [5.41, 5.74) is 1.69. The van der Waals surface area contributed by atoms with Crippen LogP contribution in [0.15, 0.2) is 23.3 Å². The van der Waals surface area contributed by atoms with Gasteiger partial charge in [0.25, 0.3) is 5.56 Å². The molecule has 1 atom stereocenters. The van der Waals surface area contributed by atoms with E-state index in [0.29, 0.717) is 24.0 Å². The molecule has 0 saturated heterocycles. The van der Waals surface area contributed by atoms with Crippen LogP contribution in [0.1, 0.15) is 37.2 Å². The van der Waals surface area contributed by atoms with Crippen LogP contribution in [-0.2, 0) is 6.42 Å². The molecule has 0 aromatic carbocycles. The SMILES string of the molecule is CCC(C)Cc1nc(Nc2cnccc2C)c(C=N)c(=O)[nH]1. The van der Waals surface area contributed by atoms with Crippen LogP contribution in [0.3, 0.4) is 0 Å². The molecule has 2 aromatic rings. The largest absolute Gasteiger partial charge is 0.338 e. The molecule has 0 aliphatic carbocycles. The van der Waals surface area contributed by atoms with Crippen molar-refractivity contribution in [1.29, 1.82) is 5.41 Å². The topological polar surface area (TPSA) is 94.5 Å². The number of anilines is 2. The second-order valence-electron chi connectivity index (χ2n) is 5.45. The van der Waals surface area contributed by atoms with Gasteiger partial charge in [-0.25, -0.2) is 4.98 Å². The van der Waals surface area contributed by atoms with Gasteiger partial charge in [-0.05, 0) is 24.5 Å². The molecule has 0 amide bonds. The average Bonchev–Trinajstić information content (AvgIpc) is 2.49. The Hall–Kier alpha value is -2.50. The zero-order valence-corrected chi connectivity index (χ0v) is 13.1. The number of nitrogens with one attached hydrogen (secondary N) is 3. The van der Waals surface area contributed by atoms with Gasteiger partial charge in [0.2, 0.25) is 0 Å². The molecule has 0 bridgehead atoms. The molecule has 0 aliphatic rings. The molecule has 116 valence electrons. The Bertz CT molecular complexity index is 723. The quantitative estimate of drug-likeness (QED) is 0.715. The van der Waals surface area contributed by atoms with Gasteiger partial charge in [0.1, 0.15) is 11.6 Å². The van der Waals surface area contributed by atoms with Gasteiger partial charge < -0.3 is 15.7 Å². The van der Waals surface area contributed by atoms with Gasteiger partial charge >= 0.3 is 0 Å². The molecular formula is C16H21N5O. The second-order valence-corrected chi connectivity index (χ2v) is 5.45. The van der Waals surface area contributed by atoms with Crippen molar-refractivity contribution in [3.05, 3.63) is 45.8 Å². The lowest BCUT2D eigenvalue weighted by Gasteiger charge is -2.13. The highest BCUT2D eigenvalue weighted by molar-refractivity contribution is 5.85. The van der Waals surface area contributed by atoms with Crippen LogP contribution in [0, 0.1) is 18.3 Å². The Kier molecular flexibility index (Phi) is 5.04. The molecule has 1 unspecified atom stereocenters. The molecule has 0 radical (unpaired) electrons. The molecule has 6 heteroatoms. The molecule has 0 saturated carbocycles. The highest BCUT2D eigenvalue weighted by Crippen LogP contribution is 2.19. The van der Waals surface area contributed by atoms with E-state index in [1.807, 2.05) is 13.0 Å². The first-order valence-electron chi connectivity index (χ1n) is 7.36. The van der Waals surface area contributed by atoms with Gasteiger partial charge in [-0.15, -0.1) is 0 Å². The summed E-state index contributed by atoms with van der Waals surface area (Å²) in [6.45, 7) is 6.16. The summed E-state index contributed by atoms with van der Waals surface area (Å²) < 4.78 is 0. The van der Waals surface area contributed by atoms with Crippen molar-refractivity contribution in [3.63, 3.8) is 0 Å². The number of aromatic nitrogens is 3. The van der Waals surface area contributed by atoms with E-state index in [1.165, 1.54) is 0 Å². The van der Waals surface area contributed by atoms with E-state index in [-0.39, 0.29) is 11.1 Å². The first-order valence-corrected chi connectivity index (χ1v) is 7.36. The highest BCUT2D eigenvalue weighted by atomic mass is 16.1. The number of aryl methyl sites for hydroxylation is 1. The number of pyridine rings is 1. The lowest BCUT2D eigenvalue weighted by molar-refractivity contribution is 0.542. The standard InChI is InChI=1S/C16H21N5O/c1-4-10(2)7-14-20-15(12(8-17)16(22)21-14)19-13-9-18-6-5-11(13)3/h5-6,8-10,17H,4,7H2,1-3H3,(H2,19,20,21,22). The maximum atomic E-state index is 12.1. The lowest BCUT2D eigenvalue weighted by atomic mass is 10.1. The van der Waals surface area contributed by atoms with E-state index in [1.54, 1.807) is 12.4 Å². The van der Waals surface area contributed by atoms with Crippen LogP contribution in [-0.4, -0.2) is 21.2 Å². The summed E-state index contributed by atoms with van der Waals surface area (Å²) in [6.07, 6.45) is 6.12. The van der Waals surface area contributed by atoms with Gasteiger partial charge in [-0.3, -0.25) is 9.78 Å². The predicted octanol–water partition coefficient (Wildman–Crippen LogP) is 2.80. The summed E-state index contributed by atoms with van der Waals surface area (Å²) in [4.78, 5) is 23.4. The van der Waals surface area contributed by atoms with E-state index in [9.17, 15) is 4.79 Å². The number of hydrogen-bond donors (Lipinski definition) is 3. The Morgan fingerprint density at radius 1 is 1.50 bits per heavy atom. The third kappa shape index (κ3) is 3.58. The minimum absolute atomic E-state index is 0.219. The molecule has 22 heavy (non-hydrogen) atoms. The van der Waals surface area contributed by atoms with Crippen LogP contribution in [0.5, 0.6) is 0 Å². The Balaban J connectivity index is 2.42. The van der Waals surface area contributed by atoms with E-state index >= 15 is 0 Å². The van der Waals surface area contributed by atoms with Crippen molar-refractivity contribution in [1.82, 2.24) is 15.0 Å². The average molecular weight is 299 g/mol.